The van der Waals surface area contributed by atoms with Gasteiger partial charge in [0.1, 0.15) is 12.7 Å². The Hall–Kier alpha value is -1.62. The predicted octanol–water partition coefficient (Wildman–Crippen LogP) is 2.71. The predicted molar refractivity (Wildman–Crippen MR) is 92.3 cm³/mol. The second-order valence-electron chi connectivity index (χ2n) is 7.06. The van der Waals surface area contributed by atoms with Gasteiger partial charge in [-0.2, -0.15) is 0 Å². The third-order valence-corrected chi connectivity index (χ3v) is 5.18. The smallest absolute Gasteiger partial charge is 0.333 e. The number of hydrogen-bond donors (Lipinski definition) is 0. The molecular weight excluding hydrogens is 306 g/mol. The summed E-state index contributed by atoms with van der Waals surface area (Å²) < 4.78 is 11.2. The average Bonchev–Trinajstić information content (AvgIpc) is 3.14. The zero-order chi connectivity index (χ0) is 17.9. The first-order valence-electron chi connectivity index (χ1n) is 8.78. The Labute approximate surface area is 144 Å². The first-order valence-corrected chi connectivity index (χ1v) is 8.78. The van der Waals surface area contributed by atoms with Crippen molar-refractivity contribution in [3.8, 4) is 0 Å². The van der Waals surface area contributed by atoms with E-state index in [4.69, 9.17) is 9.47 Å². The van der Waals surface area contributed by atoms with Gasteiger partial charge >= 0.3 is 11.9 Å². The lowest BCUT2D eigenvalue weighted by atomic mass is 9.98. The molecule has 24 heavy (non-hydrogen) atoms. The third-order valence-electron chi connectivity index (χ3n) is 5.18. The van der Waals surface area contributed by atoms with Crippen LogP contribution in [0.15, 0.2) is 23.3 Å². The summed E-state index contributed by atoms with van der Waals surface area (Å²) in [4.78, 5) is 26.4. The molecule has 0 aromatic carbocycles. The number of ether oxygens (including phenoxy) is 2. The normalized spacial score (nSPS) is 25.4. The van der Waals surface area contributed by atoms with Crippen LogP contribution in [0.4, 0.5) is 0 Å². The van der Waals surface area contributed by atoms with Gasteiger partial charge in [-0.3, -0.25) is 9.69 Å². The Kier molecular flexibility index (Phi) is 6.21. The number of allylic oxidation sites excluding steroid dienone is 1. The lowest BCUT2D eigenvalue weighted by Crippen LogP contribution is -2.36. The van der Waals surface area contributed by atoms with Crippen molar-refractivity contribution in [1.82, 2.24) is 4.90 Å². The topological polar surface area (TPSA) is 55.8 Å². The van der Waals surface area contributed by atoms with Crippen molar-refractivity contribution in [2.45, 2.75) is 53.2 Å². The lowest BCUT2D eigenvalue weighted by Gasteiger charge is -2.24. The fourth-order valence-corrected chi connectivity index (χ4v) is 3.03. The number of carbonyl (C=O) groups is 2. The van der Waals surface area contributed by atoms with Crippen molar-refractivity contribution < 1.29 is 19.1 Å². The number of nitrogens with zero attached hydrogens (tertiary/aromatic N) is 1. The molecule has 2 aliphatic heterocycles. The van der Waals surface area contributed by atoms with Crippen molar-refractivity contribution >= 4 is 11.9 Å². The molecule has 2 rings (SSSR count). The van der Waals surface area contributed by atoms with E-state index in [0.717, 1.165) is 25.1 Å². The van der Waals surface area contributed by atoms with Crippen molar-refractivity contribution in [3.05, 3.63) is 23.3 Å². The number of rotatable bonds is 6. The summed E-state index contributed by atoms with van der Waals surface area (Å²) in [6, 6.07) is 0.0424. The molecule has 0 N–H and O–H groups in total. The Bertz CT molecular complexity index is 550. The highest BCUT2D eigenvalue weighted by Gasteiger charge is 2.42. The van der Waals surface area contributed by atoms with Crippen molar-refractivity contribution in [2.24, 2.45) is 11.8 Å². The molecule has 0 saturated carbocycles. The van der Waals surface area contributed by atoms with E-state index >= 15 is 0 Å². The second-order valence-corrected chi connectivity index (χ2v) is 7.06. The summed E-state index contributed by atoms with van der Waals surface area (Å²) >= 11 is 0. The Balaban J connectivity index is 1.95. The van der Waals surface area contributed by atoms with Gasteiger partial charge in [0.25, 0.3) is 0 Å². The molecule has 0 aromatic rings. The summed E-state index contributed by atoms with van der Waals surface area (Å²) in [6.45, 7) is 11.5. The molecule has 0 aliphatic carbocycles. The molecule has 134 valence electrons. The van der Waals surface area contributed by atoms with Crippen LogP contribution in [0.25, 0.3) is 0 Å². The molecule has 0 spiro atoms. The maximum atomic E-state index is 12.1. The molecule has 1 saturated heterocycles. The fourth-order valence-electron chi connectivity index (χ4n) is 3.03. The third kappa shape index (κ3) is 4.07. The standard InChI is InChI=1S/C19H29NO4/c1-6-13(4)18(21)24-16-8-10-20-9-7-15(17(16)20)11-23-19(22)14(5)12(2)3/h6-7,12,14,16-17H,8-11H2,1-5H3/b13-6-/t14?,16-,17-/m1/s1. The van der Waals surface area contributed by atoms with Gasteiger partial charge in [0, 0.05) is 18.7 Å². The summed E-state index contributed by atoms with van der Waals surface area (Å²) in [6.07, 6.45) is 4.51. The van der Waals surface area contributed by atoms with Gasteiger partial charge < -0.3 is 9.47 Å². The number of carbonyl (C=O) groups excluding carboxylic acids is 2. The maximum absolute atomic E-state index is 12.1. The average molecular weight is 335 g/mol. The van der Waals surface area contributed by atoms with Crippen LogP contribution >= 0.6 is 0 Å². The van der Waals surface area contributed by atoms with Crippen molar-refractivity contribution in [3.63, 3.8) is 0 Å². The van der Waals surface area contributed by atoms with Gasteiger partial charge in [-0.1, -0.05) is 32.9 Å². The second kappa shape index (κ2) is 7.97. The highest BCUT2D eigenvalue weighted by molar-refractivity contribution is 5.87. The Morgan fingerprint density at radius 3 is 2.71 bits per heavy atom. The molecule has 2 aliphatic rings. The maximum Gasteiger partial charge on any atom is 0.333 e. The number of esters is 2. The summed E-state index contributed by atoms with van der Waals surface area (Å²) in [7, 11) is 0. The Morgan fingerprint density at radius 2 is 2.08 bits per heavy atom. The molecule has 5 nitrogen and oxygen atoms in total. The minimum atomic E-state index is -0.263. The van der Waals surface area contributed by atoms with Crippen LogP contribution in [0.2, 0.25) is 0 Å². The van der Waals surface area contributed by atoms with Crippen LogP contribution in [0.1, 0.15) is 41.0 Å². The SMILES string of the molecule is C/C=C(/C)C(=O)O[C@@H]1CCN2CC=C(COC(=O)C(C)C(C)C)[C@H]12. The van der Waals surface area contributed by atoms with Crippen LogP contribution in [-0.4, -0.2) is 48.7 Å². The van der Waals surface area contributed by atoms with Crippen LogP contribution < -0.4 is 0 Å². The van der Waals surface area contributed by atoms with E-state index in [9.17, 15) is 9.59 Å². The summed E-state index contributed by atoms with van der Waals surface area (Å²) in [5, 5.41) is 0. The first kappa shape index (κ1) is 18.7. The minimum absolute atomic E-state index is 0.0424. The zero-order valence-electron chi connectivity index (χ0n) is 15.4. The van der Waals surface area contributed by atoms with Gasteiger partial charge in [-0.15, -0.1) is 0 Å². The summed E-state index contributed by atoms with van der Waals surface area (Å²) in [5.74, 6) is -0.283. The van der Waals surface area contributed by atoms with Crippen LogP contribution in [0, 0.1) is 11.8 Å². The van der Waals surface area contributed by atoms with E-state index in [-0.39, 0.29) is 42.5 Å². The molecule has 3 atom stereocenters. The molecular formula is C19H29NO4. The van der Waals surface area contributed by atoms with Gasteiger partial charge in [0.2, 0.25) is 0 Å². The molecule has 1 fully saturated rings. The number of hydrogen-bond acceptors (Lipinski definition) is 5. The van der Waals surface area contributed by atoms with E-state index in [2.05, 4.69) is 11.0 Å². The van der Waals surface area contributed by atoms with E-state index in [1.807, 2.05) is 27.7 Å². The molecule has 0 amide bonds. The monoisotopic (exact) mass is 335 g/mol. The van der Waals surface area contributed by atoms with Crippen LogP contribution in [0.5, 0.6) is 0 Å². The molecule has 1 unspecified atom stereocenters. The summed E-state index contributed by atoms with van der Waals surface area (Å²) in [5.41, 5.74) is 1.67. The minimum Gasteiger partial charge on any atom is -0.461 e. The zero-order valence-corrected chi connectivity index (χ0v) is 15.4. The highest BCUT2D eigenvalue weighted by Crippen LogP contribution is 2.32. The molecule has 5 heteroatoms. The Morgan fingerprint density at radius 1 is 1.38 bits per heavy atom. The highest BCUT2D eigenvalue weighted by atomic mass is 16.5. The molecule has 0 radical (unpaired) electrons. The molecule has 0 aromatic heterocycles. The fraction of sp³-hybridized carbons (Fsp3) is 0.684. The van der Waals surface area contributed by atoms with E-state index in [1.54, 1.807) is 13.0 Å². The van der Waals surface area contributed by atoms with Crippen molar-refractivity contribution in [2.75, 3.05) is 19.7 Å². The van der Waals surface area contributed by atoms with Gasteiger partial charge in [0.15, 0.2) is 0 Å². The van der Waals surface area contributed by atoms with E-state index in [1.165, 1.54) is 0 Å². The first-order chi connectivity index (χ1) is 11.3. The quantitative estimate of drug-likeness (QED) is 0.424. The van der Waals surface area contributed by atoms with E-state index in [0.29, 0.717) is 5.57 Å². The number of fused-ring (bicyclic) bond motifs is 1. The molecule has 0 bridgehead atoms. The van der Waals surface area contributed by atoms with Gasteiger partial charge in [0.05, 0.1) is 12.0 Å². The molecule has 2 heterocycles. The largest absolute Gasteiger partial charge is 0.461 e. The van der Waals surface area contributed by atoms with Gasteiger partial charge in [-0.05, 0) is 31.8 Å². The lowest BCUT2D eigenvalue weighted by molar-refractivity contribution is -0.149. The van der Waals surface area contributed by atoms with Gasteiger partial charge in [-0.25, -0.2) is 4.79 Å². The van der Waals surface area contributed by atoms with Crippen molar-refractivity contribution in [1.29, 1.82) is 0 Å². The van der Waals surface area contributed by atoms with Crippen LogP contribution in [0.3, 0.4) is 0 Å². The van der Waals surface area contributed by atoms with Crippen LogP contribution in [-0.2, 0) is 19.1 Å². The van der Waals surface area contributed by atoms with E-state index < -0.39 is 0 Å².